The van der Waals surface area contributed by atoms with Crippen LogP contribution < -0.4 is 4.74 Å². The Morgan fingerprint density at radius 1 is 1.04 bits per heavy atom. The van der Waals surface area contributed by atoms with E-state index >= 15 is 0 Å². The van der Waals surface area contributed by atoms with Crippen molar-refractivity contribution < 1.29 is 4.74 Å². The highest BCUT2D eigenvalue weighted by molar-refractivity contribution is 5.85. The van der Waals surface area contributed by atoms with Crippen LogP contribution in [0.3, 0.4) is 0 Å². The van der Waals surface area contributed by atoms with Crippen LogP contribution in [0.15, 0.2) is 42.6 Å². The van der Waals surface area contributed by atoms with E-state index in [2.05, 4.69) is 48.3 Å². The molecule has 1 aromatic carbocycles. The lowest BCUT2D eigenvalue weighted by Crippen LogP contribution is -2.16. The molecular weight excluding hydrogens is 318 g/mol. The summed E-state index contributed by atoms with van der Waals surface area (Å²) in [5.74, 6) is 2.54. The van der Waals surface area contributed by atoms with Gasteiger partial charge in [-0.3, -0.25) is 4.98 Å². The van der Waals surface area contributed by atoms with Crippen molar-refractivity contribution in [3.05, 3.63) is 59.4 Å². The van der Waals surface area contributed by atoms with Crippen molar-refractivity contribution in [1.82, 2.24) is 4.98 Å². The molecule has 24 heavy (non-hydrogen) atoms. The molecule has 0 aliphatic heterocycles. The van der Waals surface area contributed by atoms with Crippen LogP contribution in [0.2, 0.25) is 0 Å². The molecular formula is C21H28ClNO. The van der Waals surface area contributed by atoms with Crippen molar-refractivity contribution in [2.24, 2.45) is 5.92 Å². The average molecular weight is 346 g/mol. The van der Waals surface area contributed by atoms with E-state index in [4.69, 9.17) is 4.74 Å². The maximum atomic E-state index is 5.64. The van der Waals surface area contributed by atoms with E-state index in [-0.39, 0.29) is 12.4 Å². The Morgan fingerprint density at radius 2 is 1.75 bits per heavy atom. The third-order valence-corrected chi connectivity index (χ3v) is 5.23. The van der Waals surface area contributed by atoms with Crippen LogP contribution in [0.5, 0.6) is 5.75 Å². The Balaban J connectivity index is 0.00000208. The molecule has 0 N–H and O–H groups in total. The second-order valence-electron chi connectivity index (χ2n) is 6.64. The van der Waals surface area contributed by atoms with Crippen molar-refractivity contribution in [2.45, 2.75) is 51.4 Å². The number of hydrogen-bond acceptors (Lipinski definition) is 2. The van der Waals surface area contributed by atoms with Crippen molar-refractivity contribution >= 4 is 12.4 Å². The molecule has 0 bridgehead atoms. The Bertz CT molecular complexity index is 621. The maximum Gasteiger partial charge on any atom is 0.143 e. The molecule has 1 aromatic heterocycles. The van der Waals surface area contributed by atoms with Gasteiger partial charge in [0.1, 0.15) is 5.75 Å². The van der Waals surface area contributed by atoms with Crippen LogP contribution in [0.1, 0.15) is 55.3 Å². The molecule has 0 radical (unpaired) electrons. The highest BCUT2D eigenvalue weighted by Crippen LogP contribution is 2.38. The van der Waals surface area contributed by atoms with Gasteiger partial charge in [0.25, 0.3) is 0 Å². The zero-order valence-corrected chi connectivity index (χ0v) is 15.5. The van der Waals surface area contributed by atoms with Crippen LogP contribution in [0.25, 0.3) is 0 Å². The normalized spacial score (nSPS) is 20.2. The molecule has 0 spiro atoms. The molecule has 1 aliphatic rings. The number of benzene rings is 1. The number of pyridine rings is 1. The van der Waals surface area contributed by atoms with Crippen LogP contribution in [-0.4, -0.2) is 12.1 Å². The zero-order valence-electron chi connectivity index (χ0n) is 14.7. The first-order chi connectivity index (χ1) is 11.3. The van der Waals surface area contributed by atoms with E-state index in [1.165, 1.54) is 36.8 Å². The standard InChI is InChI=1S/C21H27NO.ClH/c1-3-20-21(23-2)19(13-14-22-20)15-16-9-11-18(12-10-16)17-7-5-4-6-8-17;/h4-8,13-14,16,18H,3,9-12,15H2,1-2H3;1H/t16-,18+;. The summed E-state index contributed by atoms with van der Waals surface area (Å²) in [6.45, 7) is 2.14. The summed E-state index contributed by atoms with van der Waals surface area (Å²) in [5, 5.41) is 0. The molecule has 2 nitrogen and oxygen atoms in total. The Morgan fingerprint density at radius 3 is 2.38 bits per heavy atom. The Hall–Kier alpha value is -1.54. The number of hydrogen-bond donors (Lipinski definition) is 0. The molecule has 130 valence electrons. The van der Waals surface area contributed by atoms with Gasteiger partial charge in [-0.1, -0.05) is 37.3 Å². The topological polar surface area (TPSA) is 22.1 Å². The number of halogens is 1. The molecule has 2 aromatic rings. The number of nitrogens with zero attached hydrogens (tertiary/aromatic N) is 1. The molecule has 0 atom stereocenters. The molecule has 0 saturated heterocycles. The minimum Gasteiger partial charge on any atom is -0.495 e. The minimum absolute atomic E-state index is 0. The average Bonchev–Trinajstić information content (AvgIpc) is 2.63. The van der Waals surface area contributed by atoms with Gasteiger partial charge in [0.2, 0.25) is 0 Å². The summed E-state index contributed by atoms with van der Waals surface area (Å²) < 4.78 is 5.64. The van der Waals surface area contributed by atoms with Gasteiger partial charge in [0.05, 0.1) is 12.8 Å². The Kier molecular flexibility index (Phi) is 7.11. The van der Waals surface area contributed by atoms with Crippen molar-refractivity contribution in [1.29, 1.82) is 0 Å². The second-order valence-corrected chi connectivity index (χ2v) is 6.64. The van der Waals surface area contributed by atoms with E-state index < -0.39 is 0 Å². The third-order valence-electron chi connectivity index (χ3n) is 5.23. The molecule has 0 unspecified atom stereocenters. The highest BCUT2D eigenvalue weighted by Gasteiger charge is 2.23. The van der Waals surface area contributed by atoms with Crippen molar-refractivity contribution in [3.8, 4) is 5.75 Å². The van der Waals surface area contributed by atoms with Gasteiger partial charge in [-0.25, -0.2) is 0 Å². The first-order valence-electron chi connectivity index (χ1n) is 8.87. The largest absolute Gasteiger partial charge is 0.495 e. The first kappa shape index (κ1) is 18.8. The van der Waals surface area contributed by atoms with E-state index in [1.54, 1.807) is 7.11 Å². The van der Waals surface area contributed by atoms with Crippen molar-refractivity contribution in [3.63, 3.8) is 0 Å². The van der Waals surface area contributed by atoms with Crippen LogP contribution in [0.4, 0.5) is 0 Å². The van der Waals surface area contributed by atoms with E-state index in [0.29, 0.717) is 0 Å². The first-order valence-corrected chi connectivity index (χ1v) is 8.87. The Labute approximate surface area is 152 Å². The second kappa shape index (κ2) is 9.08. The van der Waals surface area contributed by atoms with Gasteiger partial charge < -0.3 is 4.74 Å². The number of rotatable bonds is 5. The summed E-state index contributed by atoms with van der Waals surface area (Å²) in [6, 6.07) is 13.1. The van der Waals surface area contributed by atoms with Crippen molar-refractivity contribution in [2.75, 3.05) is 7.11 Å². The summed E-state index contributed by atoms with van der Waals surface area (Å²) in [6.07, 6.45) is 9.23. The number of aromatic nitrogens is 1. The van der Waals surface area contributed by atoms with E-state index in [9.17, 15) is 0 Å². The highest BCUT2D eigenvalue weighted by atomic mass is 35.5. The molecule has 1 saturated carbocycles. The van der Waals surface area contributed by atoms with Gasteiger partial charge in [-0.05, 0) is 67.6 Å². The van der Waals surface area contributed by atoms with Gasteiger partial charge in [-0.2, -0.15) is 0 Å². The number of aryl methyl sites for hydroxylation is 1. The minimum atomic E-state index is 0. The van der Waals surface area contributed by atoms with Gasteiger partial charge in [0, 0.05) is 6.20 Å². The fraction of sp³-hybridized carbons (Fsp3) is 0.476. The van der Waals surface area contributed by atoms with Gasteiger partial charge in [-0.15, -0.1) is 12.4 Å². The molecule has 1 aliphatic carbocycles. The fourth-order valence-electron chi connectivity index (χ4n) is 3.93. The van der Waals surface area contributed by atoms with Gasteiger partial charge >= 0.3 is 0 Å². The molecule has 3 heteroatoms. The number of ether oxygens (including phenoxy) is 1. The van der Waals surface area contributed by atoms with Crippen LogP contribution in [-0.2, 0) is 12.8 Å². The van der Waals surface area contributed by atoms with Crippen LogP contribution in [0, 0.1) is 5.92 Å². The maximum absolute atomic E-state index is 5.64. The number of methoxy groups -OCH3 is 1. The lowest BCUT2D eigenvalue weighted by atomic mass is 9.76. The van der Waals surface area contributed by atoms with E-state index in [1.807, 2.05) is 6.20 Å². The predicted molar refractivity (Wildman–Crippen MR) is 102 cm³/mol. The quantitative estimate of drug-likeness (QED) is 0.704. The SMILES string of the molecule is CCc1nccc(C[C@H]2CC[C@@H](c3ccccc3)CC2)c1OC.Cl. The van der Waals surface area contributed by atoms with Gasteiger partial charge in [0.15, 0.2) is 0 Å². The molecule has 0 amide bonds. The molecule has 1 heterocycles. The molecule has 3 rings (SSSR count). The summed E-state index contributed by atoms with van der Waals surface area (Å²) in [4.78, 5) is 4.45. The smallest absolute Gasteiger partial charge is 0.143 e. The lowest BCUT2D eigenvalue weighted by Gasteiger charge is -2.29. The monoisotopic (exact) mass is 345 g/mol. The zero-order chi connectivity index (χ0) is 16.1. The summed E-state index contributed by atoms with van der Waals surface area (Å²) >= 11 is 0. The molecule has 1 fully saturated rings. The van der Waals surface area contributed by atoms with E-state index in [0.717, 1.165) is 36.1 Å². The lowest BCUT2D eigenvalue weighted by molar-refractivity contribution is 0.319. The summed E-state index contributed by atoms with van der Waals surface area (Å²) in [5.41, 5.74) is 3.94. The fourth-order valence-corrected chi connectivity index (χ4v) is 3.93. The third kappa shape index (κ3) is 4.30. The van der Waals surface area contributed by atoms with Crippen LogP contribution >= 0.6 is 12.4 Å². The predicted octanol–water partition coefficient (Wildman–Crippen LogP) is 5.59. The summed E-state index contributed by atoms with van der Waals surface area (Å²) in [7, 11) is 1.77.